The molecule has 0 saturated heterocycles. The second-order valence-electron chi connectivity index (χ2n) is 3.61. The maximum Gasteiger partial charge on any atom is 0.305 e. The van der Waals surface area contributed by atoms with E-state index in [1.807, 2.05) is 18.2 Å². The average Bonchev–Trinajstić information content (AvgIpc) is 2.36. The highest BCUT2D eigenvalue weighted by Crippen LogP contribution is 2.12. The number of benzene rings is 1. The van der Waals surface area contributed by atoms with E-state index in [-0.39, 0.29) is 11.9 Å². The first-order valence-corrected chi connectivity index (χ1v) is 5.55. The smallest absolute Gasteiger partial charge is 0.305 e. The minimum Gasteiger partial charge on any atom is -0.469 e. The number of carbonyl (C=O) groups is 2. The molecule has 18 heavy (non-hydrogen) atoms. The minimum absolute atomic E-state index is 0.249. The van der Waals surface area contributed by atoms with E-state index in [4.69, 9.17) is 0 Å². The largest absolute Gasteiger partial charge is 0.469 e. The van der Waals surface area contributed by atoms with Gasteiger partial charge in [0.05, 0.1) is 7.11 Å². The van der Waals surface area contributed by atoms with E-state index < -0.39 is 0 Å². The second-order valence-corrected chi connectivity index (χ2v) is 3.61. The molecule has 1 N–H and O–H groups in total. The van der Waals surface area contributed by atoms with Gasteiger partial charge in [0.15, 0.2) is 0 Å². The predicted octanol–water partition coefficient (Wildman–Crippen LogP) is 1.75. The number of carbonyl (C=O) groups excluding carboxylic acids is 2. The molecule has 0 atom stereocenters. The van der Waals surface area contributed by atoms with Crippen LogP contribution in [0.25, 0.3) is 0 Å². The number of esters is 1. The van der Waals surface area contributed by atoms with Crippen LogP contribution in [0.15, 0.2) is 24.3 Å². The summed E-state index contributed by atoms with van der Waals surface area (Å²) >= 11 is 0. The van der Waals surface area contributed by atoms with E-state index in [0.29, 0.717) is 18.5 Å². The zero-order valence-electron chi connectivity index (χ0n) is 10.4. The fourth-order valence-electron chi connectivity index (χ4n) is 1.43. The van der Waals surface area contributed by atoms with Gasteiger partial charge in [0.2, 0.25) is 0 Å². The number of rotatable bonds is 4. The molecule has 0 saturated carbocycles. The molecule has 0 radical (unpaired) electrons. The number of hydrogen-bond donors (Lipinski definition) is 1. The van der Waals surface area contributed by atoms with Crippen molar-refractivity contribution in [2.24, 2.45) is 0 Å². The number of anilines is 1. The molecule has 0 aliphatic heterocycles. The van der Waals surface area contributed by atoms with Crippen molar-refractivity contribution >= 4 is 17.6 Å². The fraction of sp³-hybridized carbons (Fsp3) is 0.286. The Labute approximate surface area is 106 Å². The Balaban J connectivity index is 2.63. The lowest BCUT2D eigenvalue weighted by Gasteiger charge is -2.04. The SMILES string of the molecule is CC#CC(=O)Nc1cccc(CCC(=O)OC)c1. The first-order valence-electron chi connectivity index (χ1n) is 5.55. The van der Waals surface area contributed by atoms with Crippen molar-refractivity contribution in [1.82, 2.24) is 0 Å². The molecule has 94 valence electrons. The van der Waals surface area contributed by atoms with Crippen LogP contribution in [-0.2, 0) is 20.7 Å². The molecular formula is C14H15NO3. The minimum atomic E-state index is -0.345. The number of amides is 1. The number of aryl methyl sites for hydroxylation is 1. The fourth-order valence-corrected chi connectivity index (χ4v) is 1.43. The van der Waals surface area contributed by atoms with E-state index in [9.17, 15) is 9.59 Å². The monoisotopic (exact) mass is 245 g/mol. The molecule has 1 rings (SSSR count). The molecule has 0 aromatic heterocycles. The van der Waals surface area contributed by atoms with Crippen molar-refractivity contribution in [2.45, 2.75) is 19.8 Å². The lowest BCUT2D eigenvalue weighted by atomic mass is 10.1. The third-order valence-corrected chi connectivity index (χ3v) is 2.27. The van der Waals surface area contributed by atoms with Gasteiger partial charge in [-0.05, 0) is 37.0 Å². The van der Waals surface area contributed by atoms with Crippen molar-refractivity contribution < 1.29 is 14.3 Å². The topological polar surface area (TPSA) is 55.4 Å². The third-order valence-electron chi connectivity index (χ3n) is 2.27. The van der Waals surface area contributed by atoms with E-state index in [1.165, 1.54) is 7.11 Å². The molecule has 0 unspecified atom stereocenters. The van der Waals surface area contributed by atoms with Crippen molar-refractivity contribution in [3.05, 3.63) is 29.8 Å². The standard InChI is InChI=1S/C14H15NO3/c1-3-5-13(16)15-12-7-4-6-11(10-12)8-9-14(17)18-2/h4,6-7,10H,8-9H2,1-2H3,(H,15,16). The van der Waals surface area contributed by atoms with Gasteiger partial charge in [-0.1, -0.05) is 18.1 Å². The van der Waals surface area contributed by atoms with Crippen LogP contribution in [0, 0.1) is 11.8 Å². The number of methoxy groups -OCH3 is 1. The van der Waals surface area contributed by atoms with E-state index in [0.717, 1.165) is 5.56 Å². The Morgan fingerprint density at radius 3 is 2.83 bits per heavy atom. The molecule has 4 heteroatoms. The van der Waals surface area contributed by atoms with Gasteiger partial charge in [0, 0.05) is 12.1 Å². The Bertz CT molecular complexity index is 497. The Hall–Kier alpha value is -2.28. The zero-order chi connectivity index (χ0) is 13.4. The Morgan fingerprint density at radius 2 is 2.17 bits per heavy atom. The van der Waals surface area contributed by atoms with Crippen LogP contribution in [0.2, 0.25) is 0 Å². The van der Waals surface area contributed by atoms with Gasteiger partial charge < -0.3 is 10.1 Å². The summed E-state index contributed by atoms with van der Waals surface area (Å²) in [6.45, 7) is 1.60. The molecule has 0 aliphatic carbocycles. The lowest BCUT2D eigenvalue weighted by molar-refractivity contribution is -0.140. The average molecular weight is 245 g/mol. The van der Waals surface area contributed by atoms with Gasteiger partial charge in [-0.3, -0.25) is 9.59 Å². The molecule has 1 aromatic carbocycles. The summed E-state index contributed by atoms with van der Waals surface area (Å²) < 4.78 is 4.57. The van der Waals surface area contributed by atoms with Crippen LogP contribution in [0.4, 0.5) is 5.69 Å². The van der Waals surface area contributed by atoms with Crippen molar-refractivity contribution in [2.75, 3.05) is 12.4 Å². The van der Waals surface area contributed by atoms with Crippen LogP contribution in [0.5, 0.6) is 0 Å². The Morgan fingerprint density at radius 1 is 1.39 bits per heavy atom. The third kappa shape index (κ3) is 4.71. The highest BCUT2D eigenvalue weighted by molar-refractivity contribution is 6.03. The van der Waals surface area contributed by atoms with E-state index in [2.05, 4.69) is 21.9 Å². The highest BCUT2D eigenvalue weighted by Gasteiger charge is 2.03. The van der Waals surface area contributed by atoms with Crippen LogP contribution >= 0.6 is 0 Å². The molecule has 0 spiro atoms. The molecule has 0 bridgehead atoms. The second kappa shape index (κ2) is 7.13. The summed E-state index contributed by atoms with van der Waals surface area (Å²) in [7, 11) is 1.36. The van der Waals surface area contributed by atoms with Crippen molar-refractivity contribution in [3.8, 4) is 11.8 Å². The molecule has 1 aromatic rings. The summed E-state index contributed by atoms with van der Waals surface area (Å²) in [5, 5.41) is 2.66. The molecule has 0 fully saturated rings. The summed E-state index contributed by atoms with van der Waals surface area (Å²) in [6.07, 6.45) is 0.901. The molecule has 0 heterocycles. The molecular weight excluding hydrogens is 230 g/mol. The Kier molecular flexibility index (Phi) is 5.46. The molecule has 1 amide bonds. The van der Waals surface area contributed by atoms with Gasteiger partial charge in [0.25, 0.3) is 5.91 Å². The summed E-state index contributed by atoms with van der Waals surface area (Å²) in [6, 6.07) is 7.31. The maximum absolute atomic E-state index is 11.3. The quantitative estimate of drug-likeness (QED) is 0.649. The van der Waals surface area contributed by atoms with E-state index >= 15 is 0 Å². The summed E-state index contributed by atoms with van der Waals surface area (Å²) in [5.74, 6) is 4.33. The first-order chi connectivity index (χ1) is 8.65. The number of hydrogen-bond acceptors (Lipinski definition) is 3. The number of ether oxygens (including phenoxy) is 1. The predicted molar refractivity (Wildman–Crippen MR) is 68.9 cm³/mol. The lowest BCUT2D eigenvalue weighted by Crippen LogP contribution is -2.08. The summed E-state index contributed by atoms with van der Waals surface area (Å²) in [5.41, 5.74) is 1.63. The van der Waals surface area contributed by atoms with Gasteiger partial charge >= 0.3 is 5.97 Å². The van der Waals surface area contributed by atoms with Crippen LogP contribution in [0.1, 0.15) is 18.9 Å². The zero-order valence-corrected chi connectivity index (χ0v) is 10.4. The van der Waals surface area contributed by atoms with Crippen LogP contribution < -0.4 is 5.32 Å². The van der Waals surface area contributed by atoms with Crippen LogP contribution in [-0.4, -0.2) is 19.0 Å². The molecule has 4 nitrogen and oxygen atoms in total. The normalized spacial score (nSPS) is 9.00. The molecule has 0 aliphatic rings. The van der Waals surface area contributed by atoms with Crippen molar-refractivity contribution in [1.29, 1.82) is 0 Å². The van der Waals surface area contributed by atoms with Gasteiger partial charge in [-0.15, -0.1) is 0 Å². The van der Waals surface area contributed by atoms with E-state index in [1.54, 1.807) is 13.0 Å². The summed E-state index contributed by atoms with van der Waals surface area (Å²) in [4.78, 5) is 22.3. The van der Waals surface area contributed by atoms with Gasteiger partial charge in [-0.2, -0.15) is 0 Å². The number of nitrogens with one attached hydrogen (secondary N) is 1. The van der Waals surface area contributed by atoms with Crippen LogP contribution in [0.3, 0.4) is 0 Å². The first kappa shape index (κ1) is 13.8. The maximum atomic E-state index is 11.3. The van der Waals surface area contributed by atoms with Crippen molar-refractivity contribution in [3.63, 3.8) is 0 Å². The van der Waals surface area contributed by atoms with Gasteiger partial charge in [-0.25, -0.2) is 0 Å². The van der Waals surface area contributed by atoms with Gasteiger partial charge in [0.1, 0.15) is 0 Å². The highest BCUT2D eigenvalue weighted by atomic mass is 16.5.